The average Bonchev–Trinajstić information content (AvgIpc) is 1.62. The molecule has 0 spiro atoms. The first-order valence-corrected chi connectivity index (χ1v) is 7.26. The molecule has 0 bridgehead atoms. The molecule has 0 heterocycles. The summed E-state index contributed by atoms with van der Waals surface area (Å²) in [6.45, 7) is 10.7. The molecule has 0 N–H and O–H groups in total. The monoisotopic (exact) mass is 152 g/mol. The highest BCUT2D eigenvalue weighted by molar-refractivity contribution is 7.69. The Bertz CT molecular complexity index is 117. The van der Waals surface area contributed by atoms with E-state index in [0.29, 0.717) is 0 Å². The lowest BCUT2D eigenvalue weighted by molar-refractivity contribution is 0.736. The highest BCUT2D eigenvalue weighted by Gasteiger charge is 2.29. The van der Waals surface area contributed by atoms with Crippen LogP contribution in [0.3, 0.4) is 0 Å². The zero-order chi connectivity index (χ0) is 8.58. The number of rotatable bonds is 1. The molecule has 0 aliphatic heterocycles. The van der Waals surface area contributed by atoms with Crippen molar-refractivity contribution in [3.63, 3.8) is 0 Å². The van der Waals surface area contributed by atoms with Gasteiger partial charge in [0.05, 0.1) is 10.3 Å². The Kier molecular flexibility index (Phi) is 1.43. The largest absolute Gasteiger partial charge is 0.148 e. The zero-order valence-electron chi connectivity index (χ0n) is 8.45. The molecule has 8 heavy (non-hydrogen) atoms. The van der Waals surface area contributed by atoms with E-state index < -0.39 is 16.4 Å². The summed E-state index contributed by atoms with van der Waals surface area (Å²) in [5.74, 6) is 0. The smallest absolute Gasteiger partial charge is 0.0737 e. The molecule has 0 nitrogen and oxygen atoms in total. The summed E-state index contributed by atoms with van der Waals surface area (Å²) in [6.07, 6.45) is 0. The predicted molar refractivity (Wildman–Crippen MR) is 46.9 cm³/mol. The van der Waals surface area contributed by atoms with E-state index in [1.165, 1.54) is 0 Å². The average molecular weight is 152 g/mol. The molecule has 0 radical (unpaired) electrons. The first kappa shape index (κ1) is 5.43. The van der Waals surface area contributed by atoms with Gasteiger partial charge in [-0.1, -0.05) is 33.9 Å². The van der Waals surface area contributed by atoms with Crippen molar-refractivity contribution in [1.82, 2.24) is 0 Å². The third kappa shape index (κ3) is 2.28. The Morgan fingerprint density at radius 1 is 1.38 bits per heavy atom. The fourth-order valence-electron chi connectivity index (χ4n) is 0. The molecule has 0 rings (SSSR count). The molecule has 0 atom stereocenters. The van der Waals surface area contributed by atoms with Crippen LogP contribution in [0.5, 0.6) is 0 Å². The molecule has 0 saturated carbocycles. The molecular weight excluding hydrogens is 131 g/mol. The Hall–Kier alpha value is 0.647. The van der Waals surface area contributed by atoms with Crippen LogP contribution in [0.2, 0.25) is 18.1 Å². The van der Waals surface area contributed by atoms with E-state index in [9.17, 15) is 0 Å². The van der Waals surface area contributed by atoms with Gasteiger partial charge in [0.25, 0.3) is 0 Å². The minimum Gasteiger partial charge on any atom is -0.148 e. The molecule has 0 aromatic heterocycles. The standard InChI is InChI=1S/C6H17PSi/c1-6(2,3)8(4,5)7/h7H2,1-5H3/i7T2. The van der Waals surface area contributed by atoms with Gasteiger partial charge in [-0.25, -0.2) is 0 Å². The van der Waals surface area contributed by atoms with E-state index in [0.717, 1.165) is 0 Å². The van der Waals surface area contributed by atoms with Gasteiger partial charge < -0.3 is 0 Å². The molecule has 0 aromatic carbocycles. The van der Waals surface area contributed by atoms with Crippen LogP contribution in [-0.2, 0) is 0 Å². The van der Waals surface area contributed by atoms with Gasteiger partial charge in [0, 0.05) is 0 Å². The molecule has 2 heteroatoms. The van der Waals surface area contributed by atoms with Crippen LogP contribution in [0.15, 0.2) is 0 Å². The van der Waals surface area contributed by atoms with Crippen molar-refractivity contribution in [2.24, 2.45) is 0 Å². The van der Waals surface area contributed by atoms with Crippen molar-refractivity contribution in [3.05, 3.63) is 0 Å². The van der Waals surface area contributed by atoms with Gasteiger partial charge in [0.2, 0.25) is 0 Å². The van der Waals surface area contributed by atoms with Gasteiger partial charge in [-0.15, -0.1) is 8.68 Å². The van der Waals surface area contributed by atoms with Crippen LogP contribution in [0.25, 0.3) is 0 Å². The lowest BCUT2D eigenvalue weighted by atomic mass is 10.2. The molecule has 0 unspecified atom stereocenters. The van der Waals surface area contributed by atoms with Gasteiger partial charge in [-0.3, -0.25) is 0 Å². The van der Waals surface area contributed by atoms with Crippen LogP contribution < -0.4 is 0 Å². The predicted octanol–water partition coefficient (Wildman–Crippen LogP) is 2.87. The third-order valence-corrected chi connectivity index (χ3v) is 7.52. The quantitative estimate of drug-likeness (QED) is 0.400. The second-order valence-electron chi connectivity index (χ2n) is 3.81. The molecule has 50 valence electrons. The van der Waals surface area contributed by atoms with Crippen molar-refractivity contribution in [2.45, 2.75) is 38.9 Å². The summed E-state index contributed by atoms with van der Waals surface area (Å²) in [7, 11) is -2.78. The minimum atomic E-state index is -1.58. The fraction of sp³-hybridized carbons (Fsp3) is 1.00. The maximum Gasteiger partial charge on any atom is 0.0737 e. The Morgan fingerprint density at radius 2 is 1.75 bits per heavy atom. The molecule has 0 aliphatic carbocycles. The normalized spacial score (nSPS) is 18.2. The second kappa shape index (κ2) is 2.11. The van der Waals surface area contributed by atoms with Gasteiger partial charge in [0.15, 0.2) is 0 Å². The van der Waals surface area contributed by atoms with Crippen molar-refractivity contribution in [1.29, 1.82) is 2.56 Å². The van der Waals surface area contributed by atoms with Crippen molar-refractivity contribution >= 4 is 16.4 Å². The zero-order valence-corrected chi connectivity index (χ0v) is 8.34. The molecule has 0 saturated heterocycles. The summed E-state index contributed by atoms with van der Waals surface area (Å²) in [6, 6.07) is 0. The lowest BCUT2D eigenvalue weighted by Gasteiger charge is -2.32. The lowest BCUT2D eigenvalue weighted by Crippen LogP contribution is -2.29. The fourth-order valence-corrected chi connectivity index (χ4v) is 0. The number of hydrogen-bond acceptors (Lipinski definition) is 0. The van der Waals surface area contributed by atoms with E-state index in [2.05, 4.69) is 33.9 Å². The molecule has 0 amide bonds. The van der Waals surface area contributed by atoms with Crippen LogP contribution >= 0.6 is 8.68 Å². The Balaban J connectivity index is 4.40. The number of hydrogen-bond donors (Lipinski definition) is 0. The van der Waals surface area contributed by atoms with Crippen LogP contribution in [0.4, 0.5) is 0 Å². The van der Waals surface area contributed by atoms with Gasteiger partial charge >= 0.3 is 0 Å². The van der Waals surface area contributed by atoms with E-state index in [4.69, 9.17) is 2.56 Å². The van der Waals surface area contributed by atoms with Crippen LogP contribution in [0, 0.1) is 0 Å². The summed E-state index contributed by atoms with van der Waals surface area (Å²) in [5, 5.41) is 0.211. The van der Waals surface area contributed by atoms with Crippen LogP contribution in [0.1, 0.15) is 20.8 Å². The van der Waals surface area contributed by atoms with E-state index in [1.807, 2.05) is 0 Å². The summed E-state index contributed by atoms with van der Waals surface area (Å²) < 4.78 is 14.9. The molecule has 0 aromatic rings. The Labute approximate surface area is 58.7 Å². The molecular formula is C6H17PSi. The van der Waals surface area contributed by atoms with Gasteiger partial charge in [0.1, 0.15) is 0 Å². The van der Waals surface area contributed by atoms with E-state index in [-0.39, 0.29) is 5.04 Å². The van der Waals surface area contributed by atoms with Crippen molar-refractivity contribution in [3.8, 4) is 0 Å². The van der Waals surface area contributed by atoms with E-state index >= 15 is 0 Å². The third-order valence-electron chi connectivity index (χ3n) is 1.84. The second-order valence-corrected chi connectivity index (χ2v) is 11.8. The maximum absolute atomic E-state index is 7.43. The van der Waals surface area contributed by atoms with Crippen molar-refractivity contribution in [2.75, 3.05) is 0 Å². The summed E-state index contributed by atoms with van der Waals surface area (Å²) in [4.78, 5) is 0. The van der Waals surface area contributed by atoms with Crippen LogP contribution in [-0.4, -0.2) is 10.3 Å². The highest BCUT2D eigenvalue weighted by atomic mass is 31.3. The van der Waals surface area contributed by atoms with Gasteiger partial charge in [-0.2, -0.15) is 0 Å². The first-order chi connectivity index (χ1) is 4.19. The van der Waals surface area contributed by atoms with Crippen molar-refractivity contribution < 1.29 is 0 Å². The minimum absolute atomic E-state index is 0.211. The maximum atomic E-state index is 7.43. The highest BCUT2D eigenvalue weighted by Crippen LogP contribution is 2.39. The molecule has 0 fully saturated rings. The summed E-state index contributed by atoms with van der Waals surface area (Å²) in [5.41, 5.74) is 0. The van der Waals surface area contributed by atoms with E-state index in [1.54, 1.807) is 0 Å². The SMILES string of the molecule is [3H]P([3H])[Si](C)(C)C(C)(C)C. The Morgan fingerprint density at radius 3 is 1.75 bits per heavy atom. The van der Waals surface area contributed by atoms with Gasteiger partial charge in [-0.05, 0) is 5.04 Å². The summed E-state index contributed by atoms with van der Waals surface area (Å²) >= 11 is 0. The molecule has 0 aliphatic rings. The topological polar surface area (TPSA) is 0 Å². The first-order valence-electron chi connectivity index (χ1n) is 3.87.